The lowest BCUT2D eigenvalue weighted by molar-refractivity contribution is -0.133. The number of nitrogens with zero attached hydrogens (tertiary/aromatic N) is 4. The highest BCUT2D eigenvalue weighted by Gasteiger charge is 2.32. The van der Waals surface area contributed by atoms with E-state index in [1.165, 1.54) is 4.31 Å². The van der Waals surface area contributed by atoms with Gasteiger partial charge in [0.1, 0.15) is 0 Å². The van der Waals surface area contributed by atoms with Crippen molar-refractivity contribution in [2.75, 3.05) is 31.9 Å². The Hall–Kier alpha value is -1.41. The van der Waals surface area contributed by atoms with Crippen LogP contribution in [0.2, 0.25) is 0 Å². The van der Waals surface area contributed by atoms with Crippen LogP contribution in [0.4, 0.5) is 0 Å². The molecule has 3 rings (SSSR count). The standard InChI is InChI=1S/C14H22N4O3S/c1-12-8-15-18(9-12)13-4-2-5-16(10-13)14(19)11-17-6-3-7-22(17,20)21/h8-9,13H,2-7,10-11H2,1H3/t13-/m0/s1. The maximum absolute atomic E-state index is 12.4. The Labute approximate surface area is 130 Å². The van der Waals surface area contributed by atoms with Gasteiger partial charge in [-0.15, -0.1) is 0 Å². The Morgan fingerprint density at radius 3 is 2.82 bits per heavy atom. The van der Waals surface area contributed by atoms with Crippen molar-refractivity contribution in [1.82, 2.24) is 19.0 Å². The van der Waals surface area contributed by atoms with Crippen molar-refractivity contribution in [3.63, 3.8) is 0 Å². The Morgan fingerprint density at radius 1 is 1.36 bits per heavy atom. The number of carbonyl (C=O) groups is 1. The Bertz CT molecular complexity index is 655. The van der Waals surface area contributed by atoms with Crippen molar-refractivity contribution in [2.45, 2.75) is 32.2 Å². The maximum Gasteiger partial charge on any atom is 0.237 e. The summed E-state index contributed by atoms with van der Waals surface area (Å²) in [5.74, 6) is 0.0641. The summed E-state index contributed by atoms with van der Waals surface area (Å²) in [6.07, 6.45) is 6.33. The Kier molecular flexibility index (Phi) is 4.22. The minimum absolute atomic E-state index is 0.0206. The molecule has 0 spiro atoms. The van der Waals surface area contributed by atoms with Gasteiger partial charge in [-0.05, 0) is 31.7 Å². The first kappa shape index (κ1) is 15.5. The lowest BCUT2D eigenvalue weighted by Crippen LogP contribution is -2.46. The lowest BCUT2D eigenvalue weighted by Gasteiger charge is -2.33. The number of piperidine rings is 1. The van der Waals surface area contributed by atoms with Gasteiger partial charge < -0.3 is 4.90 Å². The van der Waals surface area contributed by atoms with Crippen LogP contribution >= 0.6 is 0 Å². The SMILES string of the molecule is Cc1cnn([C@H]2CCCN(C(=O)CN3CCCS3(=O)=O)C2)c1. The fraction of sp³-hybridized carbons (Fsp3) is 0.714. The molecule has 1 aromatic rings. The normalized spacial score (nSPS) is 25.5. The number of hydrogen-bond donors (Lipinski definition) is 0. The second kappa shape index (κ2) is 6.00. The molecule has 8 heteroatoms. The maximum atomic E-state index is 12.4. The minimum Gasteiger partial charge on any atom is -0.339 e. The summed E-state index contributed by atoms with van der Waals surface area (Å²) < 4.78 is 26.9. The molecule has 0 saturated carbocycles. The molecule has 0 bridgehead atoms. The number of rotatable bonds is 3. The van der Waals surface area contributed by atoms with Gasteiger partial charge in [-0.3, -0.25) is 9.48 Å². The molecule has 2 aliphatic rings. The largest absolute Gasteiger partial charge is 0.339 e. The zero-order chi connectivity index (χ0) is 15.7. The number of hydrogen-bond acceptors (Lipinski definition) is 4. The fourth-order valence-electron chi connectivity index (χ4n) is 3.15. The number of aryl methyl sites for hydroxylation is 1. The molecule has 0 radical (unpaired) electrons. The van der Waals surface area contributed by atoms with E-state index in [2.05, 4.69) is 5.10 Å². The highest BCUT2D eigenvalue weighted by Crippen LogP contribution is 2.22. The van der Waals surface area contributed by atoms with Crippen molar-refractivity contribution < 1.29 is 13.2 Å². The molecule has 0 aliphatic carbocycles. The van der Waals surface area contributed by atoms with E-state index < -0.39 is 10.0 Å². The van der Waals surface area contributed by atoms with Crippen molar-refractivity contribution in [1.29, 1.82) is 0 Å². The van der Waals surface area contributed by atoms with Crippen molar-refractivity contribution >= 4 is 15.9 Å². The summed E-state index contributed by atoms with van der Waals surface area (Å²) in [4.78, 5) is 14.2. The van der Waals surface area contributed by atoms with Gasteiger partial charge >= 0.3 is 0 Å². The Balaban J connectivity index is 1.63. The van der Waals surface area contributed by atoms with Crippen LogP contribution in [0.5, 0.6) is 0 Å². The van der Waals surface area contributed by atoms with Crippen LogP contribution in [0, 0.1) is 6.92 Å². The summed E-state index contributed by atoms with van der Waals surface area (Å²) in [6, 6.07) is 0.182. The second-order valence-electron chi connectivity index (χ2n) is 6.14. The molecule has 0 aromatic carbocycles. The summed E-state index contributed by atoms with van der Waals surface area (Å²) in [7, 11) is -3.21. The van der Waals surface area contributed by atoms with E-state index in [1.54, 1.807) is 4.90 Å². The molecule has 2 saturated heterocycles. The molecule has 0 N–H and O–H groups in total. The number of amides is 1. The van der Waals surface area contributed by atoms with Gasteiger partial charge in [-0.2, -0.15) is 9.40 Å². The topological polar surface area (TPSA) is 75.5 Å². The van der Waals surface area contributed by atoms with Crippen LogP contribution in [0.25, 0.3) is 0 Å². The first-order chi connectivity index (χ1) is 10.5. The average molecular weight is 326 g/mol. The molecular weight excluding hydrogens is 304 g/mol. The van der Waals surface area contributed by atoms with E-state index in [1.807, 2.05) is 24.0 Å². The molecule has 22 heavy (non-hydrogen) atoms. The molecule has 7 nitrogen and oxygen atoms in total. The summed E-state index contributed by atoms with van der Waals surface area (Å²) in [5.41, 5.74) is 1.10. The van der Waals surface area contributed by atoms with Crippen LogP contribution in [0.15, 0.2) is 12.4 Å². The summed E-state index contributed by atoms with van der Waals surface area (Å²) in [6.45, 7) is 3.74. The van der Waals surface area contributed by atoms with Crippen LogP contribution in [-0.2, 0) is 14.8 Å². The number of carbonyl (C=O) groups excluding carboxylic acids is 1. The fourth-order valence-corrected chi connectivity index (χ4v) is 4.62. The van der Waals surface area contributed by atoms with Gasteiger partial charge in [0.15, 0.2) is 0 Å². The molecule has 0 unspecified atom stereocenters. The zero-order valence-electron chi connectivity index (χ0n) is 12.8. The van der Waals surface area contributed by atoms with E-state index in [4.69, 9.17) is 0 Å². The number of sulfonamides is 1. The van der Waals surface area contributed by atoms with Crippen LogP contribution < -0.4 is 0 Å². The monoisotopic (exact) mass is 326 g/mol. The van der Waals surface area contributed by atoms with Crippen molar-refractivity contribution in [3.8, 4) is 0 Å². The van der Waals surface area contributed by atoms with Gasteiger partial charge in [-0.1, -0.05) is 0 Å². The van der Waals surface area contributed by atoms with E-state index >= 15 is 0 Å². The van der Waals surface area contributed by atoms with Crippen LogP contribution in [-0.4, -0.2) is 65.2 Å². The van der Waals surface area contributed by atoms with Gasteiger partial charge in [0.25, 0.3) is 0 Å². The third-order valence-corrected chi connectivity index (χ3v) is 6.27. The lowest BCUT2D eigenvalue weighted by atomic mass is 10.1. The second-order valence-corrected chi connectivity index (χ2v) is 8.23. The third-order valence-electron chi connectivity index (χ3n) is 4.37. The minimum atomic E-state index is -3.21. The molecule has 1 aromatic heterocycles. The Morgan fingerprint density at radius 2 is 2.18 bits per heavy atom. The number of aromatic nitrogens is 2. The molecule has 1 atom stereocenters. The van der Waals surface area contributed by atoms with E-state index in [-0.39, 0.29) is 24.2 Å². The smallest absolute Gasteiger partial charge is 0.237 e. The first-order valence-electron chi connectivity index (χ1n) is 7.72. The van der Waals surface area contributed by atoms with Crippen molar-refractivity contribution in [2.24, 2.45) is 0 Å². The molecule has 2 fully saturated rings. The molecule has 2 aliphatic heterocycles. The summed E-state index contributed by atoms with van der Waals surface area (Å²) >= 11 is 0. The predicted octanol–water partition coefficient (Wildman–Crippen LogP) is 0.391. The van der Waals surface area contributed by atoms with Gasteiger partial charge in [0.05, 0.1) is 24.5 Å². The third kappa shape index (κ3) is 3.17. The summed E-state index contributed by atoms with van der Waals surface area (Å²) in [5, 5.41) is 4.33. The van der Waals surface area contributed by atoms with Gasteiger partial charge in [0, 0.05) is 25.8 Å². The highest BCUT2D eigenvalue weighted by molar-refractivity contribution is 7.89. The van der Waals surface area contributed by atoms with Crippen LogP contribution in [0.1, 0.15) is 30.9 Å². The van der Waals surface area contributed by atoms with Crippen molar-refractivity contribution in [3.05, 3.63) is 18.0 Å². The number of likely N-dealkylation sites (tertiary alicyclic amines) is 1. The van der Waals surface area contributed by atoms with E-state index in [0.29, 0.717) is 26.1 Å². The van der Waals surface area contributed by atoms with E-state index in [9.17, 15) is 13.2 Å². The quantitative estimate of drug-likeness (QED) is 0.805. The molecule has 1 amide bonds. The van der Waals surface area contributed by atoms with Gasteiger partial charge in [-0.25, -0.2) is 8.42 Å². The highest BCUT2D eigenvalue weighted by atomic mass is 32.2. The first-order valence-corrected chi connectivity index (χ1v) is 9.33. The van der Waals surface area contributed by atoms with Gasteiger partial charge in [0.2, 0.25) is 15.9 Å². The predicted molar refractivity (Wildman–Crippen MR) is 81.8 cm³/mol. The molecular formula is C14H22N4O3S. The zero-order valence-corrected chi connectivity index (χ0v) is 13.6. The van der Waals surface area contributed by atoms with Crippen LogP contribution in [0.3, 0.4) is 0 Å². The van der Waals surface area contributed by atoms with E-state index in [0.717, 1.165) is 18.4 Å². The average Bonchev–Trinajstić information content (AvgIpc) is 3.05. The molecule has 122 valence electrons. The molecule has 3 heterocycles.